The Kier molecular flexibility index (Phi) is 4.98. The molecular formula is C20H18N4O4S. The van der Waals surface area contributed by atoms with E-state index in [1.807, 2.05) is 0 Å². The third-order valence-electron chi connectivity index (χ3n) is 4.84. The second kappa shape index (κ2) is 7.59. The van der Waals surface area contributed by atoms with Crippen LogP contribution in [0.5, 0.6) is 5.75 Å². The molecule has 1 amide bonds. The number of thioether (sulfide) groups is 1. The molecule has 8 nitrogen and oxygen atoms in total. The van der Waals surface area contributed by atoms with Crippen molar-refractivity contribution in [2.75, 3.05) is 17.6 Å². The lowest BCUT2D eigenvalue weighted by atomic mass is 9.93. The van der Waals surface area contributed by atoms with E-state index in [9.17, 15) is 20.0 Å². The molecule has 0 aliphatic carbocycles. The molecule has 1 saturated heterocycles. The van der Waals surface area contributed by atoms with Crippen LogP contribution in [0.4, 0.5) is 11.4 Å². The highest BCUT2D eigenvalue weighted by Gasteiger charge is 2.38. The van der Waals surface area contributed by atoms with Gasteiger partial charge in [0.15, 0.2) is 5.17 Å². The number of phenolic OH excluding ortho intramolecular Hbond substituents is 1. The maximum Gasteiger partial charge on any atom is 0.269 e. The number of benzene rings is 2. The highest BCUT2D eigenvalue weighted by molar-refractivity contribution is 8.14. The molecule has 0 radical (unpaired) electrons. The largest absolute Gasteiger partial charge is 0.508 e. The van der Waals surface area contributed by atoms with Crippen LogP contribution in [0, 0.1) is 10.1 Å². The van der Waals surface area contributed by atoms with Gasteiger partial charge in [0.1, 0.15) is 5.75 Å². The number of fused-ring (bicyclic) bond motifs is 1. The fourth-order valence-electron chi connectivity index (χ4n) is 3.46. The zero-order valence-electron chi connectivity index (χ0n) is 15.5. The number of phenols is 1. The van der Waals surface area contributed by atoms with Gasteiger partial charge in [-0.05, 0) is 36.8 Å². The van der Waals surface area contributed by atoms with Crippen molar-refractivity contribution in [3.63, 3.8) is 0 Å². The number of allylic oxidation sites excluding steroid dienone is 1. The van der Waals surface area contributed by atoms with Crippen molar-refractivity contribution < 1.29 is 14.8 Å². The number of aromatic hydroxyl groups is 1. The number of amidine groups is 1. The molecule has 2 aliphatic rings. The van der Waals surface area contributed by atoms with Crippen LogP contribution in [0.1, 0.15) is 18.5 Å². The number of carbonyl (C=O) groups is 1. The molecule has 1 unspecified atom stereocenters. The van der Waals surface area contributed by atoms with Gasteiger partial charge < -0.3 is 15.3 Å². The first-order valence-corrected chi connectivity index (χ1v) is 9.96. The van der Waals surface area contributed by atoms with E-state index in [2.05, 4.69) is 15.2 Å². The Morgan fingerprint density at radius 2 is 1.93 bits per heavy atom. The summed E-state index contributed by atoms with van der Waals surface area (Å²) in [5, 5.41) is 24.2. The van der Waals surface area contributed by atoms with Gasteiger partial charge in [0.25, 0.3) is 11.6 Å². The molecule has 2 aliphatic heterocycles. The number of nitro benzene ring substituents is 1. The normalized spacial score (nSPS) is 18.3. The molecular weight excluding hydrogens is 392 g/mol. The topological polar surface area (TPSA) is 108 Å². The predicted molar refractivity (Wildman–Crippen MR) is 112 cm³/mol. The molecule has 4 rings (SSSR count). The van der Waals surface area contributed by atoms with Crippen LogP contribution >= 0.6 is 11.8 Å². The second-order valence-electron chi connectivity index (χ2n) is 6.69. The Morgan fingerprint density at radius 3 is 2.59 bits per heavy atom. The Bertz CT molecular complexity index is 1030. The van der Waals surface area contributed by atoms with Gasteiger partial charge in [-0.1, -0.05) is 23.9 Å². The smallest absolute Gasteiger partial charge is 0.269 e. The van der Waals surface area contributed by atoms with Crippen LogP contribution in [0.2, 0.25) is 0 Å². The maximum absolute atomic E-state index is 13.2. The highest BCUT2D eigenvalue weighted by atomic mass is 32.2. The van der Waals surface area contributed by atoms with E-state index in [1.165, 1.54) is 24.3 Å². The number of rotatable bonds is 4. The molecule has 2 N–H and O–H groups in total. The summed E-state index contributed by atoms with van der Waals surface area (Å²) in [6.45, 7) is 2.57. The van der Waals surface area contributed by atoms with Crippen LogP contribution in [-0.2, 0) is 4.79 Å². The molecule has 29 heavy (non-hydrogen) atoms. The van der Waals surface area contributed by atoms with Gasteiger partial charge in [-0.2, -0.15) is 0 Å². The van der Waals surface area contributed by atoms with Crippen molar-refractivity contribution in [3.8, 4) is 5.75 Å². The Morgan fingerprint density at radius 1 is 1.24 bits per heavy atom. The molecule has 0 saturated carbocycles. The van der Waals surface area contributed by atoms with Crippen molar-refractivity contribution >= 4 is 34.2 Å². The third kappa shape index (κ3) is 3.68. The summed E-state index contributed by atoms with van der Waals surface area (Å²) in [4.78, 5) is 30.2. The molecule has 0 aromatic heterocycles. The molecule has 0 spiro atoms. The molecule has 9 heteroatoms. The summed E-state index contributed by atoms with van der Waals surface area (Å²) in [6, 6.07) is 12.2. The van der Waals surface area contributed by atoms with Crippen LogP contribution in [0.3, 0.4) is 0 Å². The number of nitrogens with one attached hydrogen (secondary N) is 1. The summed E-state index contributed by atoms with van der Waals surface area (Å²) >= 11 is 1.65. The molecule has 1 fully saturated rings. The average molecular weight is 410 g/mol. The minimum Gasteiger partial charge on any atom is -0.508 e. The zero-order chi connectivity index (χ0) is 20.5. The van der Waals surface area contributed by atoms with E-state index in [1.54, 1.807) is 43.0 Å². The van der Waals surface area contributed by atoms with Gasteiger partial charge >= 0.3 is 0 Å². The van der Waals surface area contributed by atoms with Gasteiger partial charge in [-0.3, -0.25) is 14.9 Å². The van der Waals surface area contributed by atoms with Crippen molar-refractivity contribution in [1.29, 1.82) is 0 Å². The van der Waals surface area contributed by atoms with Crippen LogP contribution in [-0.4, -0.2) is 38.3 Å². The Labute approximate surface area is 171 Å². The predicted octanol–water partition coefficient (Wildman–Crippen LogP) is 3.67. The summed E-state index contributed by atoms with van der Waals surface area (Å²) in [5.41, 5.74) is 2.45. The van der Waals surface area contributed by atoms with Gasteiger partial charge in [0.2, 0.25) is 0 Å². The van der Waals surface area contributed by atoms with Gasteiger partial charge in [0, 0.05) is 30.1 Å². The number of hydrogen-bond acceptors (Lipinski definition) is 7. The van der Waals surface area contributed by atoms with E-state index in [0.29, 0.717) is 17.0 Å². The summed E-state index contributed by atoms with van der Waals surface area (Å²) in [6.07, 6.45) is 0. The minimum absolute atomic E-state index is 0.0404. The van der Waals surface area contributed by atoms with Gasteiger partial charge in [-0.15, -0.1) is 0 Å². The van der Waals surface area contributed by atoms with Crippen molar-refractivity contribution in [2.45, 2.75) is 13.0 Å². The van der Waals surface area contributed by atoms with E-state index in [0.717, 1.165) is 23.0 Å². The zero-order valence-corrected chi connectivity index (χ0v) is 16.3. The Balaban J connectivity index is 1.68. The molecule has 0 bridgehead atoms. The first kappa shape index (κ1) is 19.0. The fraction of sp³-hybridized carbons (Fsp3) is 0.200. The highest BCUT2D eigenvalue weighted by Crippen LogP contribution is 2.40. The van der Waals surface area contributed by atoms with Crippen LogP contribution < -0.4 is 5.32 Å². The van der Waals surface area contributed by atoms with Gasteiger partial charge in [0.05, 0.1) is 22.2 Å². The summed E-state index contributed by atoms with van der Waals surface area (Å²) in [5.74, 6) is 0.735. The van der Waals surface area contributed by atoms with Gasteiger partial charge in [-0.25, -0.2) is 4.99 Å². The first-order valence-electron chi connectivity index (χ1n) is 8.97. The molecule has 1 atom stereocenters. The first-order chi connectivity index (χ1) is 13.9. The number of non-ortho nitro benzene ring substituents is 1. The number of nitrogens with zero attached hydrogens (tertiary/aromatic N) is 3. The summed E-state index contributed by atoms with van der Waals surface area (Å²) < 4.78 is 0. The molecule has 148 valence electrons. The third-order valence-corrected chi connectivity index (χ3v) is 5.81. The Hall–Kier alpha value is -3.33. The summed E-state index contributed by atoms with van der Waals surface area (Å²) in [7, 11) is 0. The quantitative estimate of drug-likeness (QED) is 0.588. The molecule has 2 heterocycles. The lowest BCUT2D eigenvalue weighted by Crippen LogP contribution is -2.37. The lowest BCUT2D eigenvalue weighted by Gasteiger charge is -2.34. The van der Waals surface area contributed by atoms with E-state index < -0.39 is 4.92 Å². The average Bonchev–Trinajstić information content (AvgIpc) is 3.16. The van der Waals surface area contributed by atoms with Crippen LogP contribution in [0.15, 0.2) is 64.8 Å². The van der Waals surface area contributed by atoms with E-state index in [4.69, 9.17) is 0 Å². The number of carbonyl (C=O) groups excluding carboxylic acids is 1. The lowest BCUT2D eigenvalue weighted by molar-refractivity contribution is -0.384. The standard InChI is InChI=1S/C20H18N4O4S/c1-12-17(19(26)22-14-4-6-15(7-5-14)24(27)28)18(13-2-8-16(25)9-3-13)23-10-11-29-20(23)21-12/h2-9,18,25H,10-11H2,1H3,(H,22,26). The molecule has 2 aromatic rings. The second-order valence-corrected chi connectivity index (χ2v) is 7.75. The van der Waals surface area contributed by atoms with E-state index in [-0.39, 0.29) is 23.4 Å². The number of amides is 1. The number of hydrogen-bond donors (Lipinski definition) is 2. The fourth-order valence-corrected chi connectivity index (χ4v) is 4.50. The van der Waals surface area contributed by atoms with Crippen molar-refractivity contribution in [2.24, 2.45) is 4.99 Å². The van der Waals surface area contributed by atoms with Crippen molar-refractivity contribution in [3.05, 3.63) is 75.5 Å². The maximum atomic E-state index is 13.2. The number of anilines is 1. The monoisotopic (exact) mass is 410 g/mol. The van der Waals surface area contributed by atoms with Crippen molar-refractivity contribution in [1.82, 2.24) is 4.90 Å². The SMILES string of the molecule is CC1=C(C(=O)Nc2ccc([N+](=O)[O-])cc2)C(c2ccc(O)cc2)N2CCSC2=N1. The van der Waals surface area contributed by atoms with E-state index >= 15 is 0 Å². The number of aliphatic imine (C=N–C) groups is 1. The molecule has 2 aromatic carbocycles. The van der Waals surface area contributed by atoms with Crippen LogP contribution in [0.25, 0.3) is 0 Å². The number of nitro groups is 1. The minimum atomic E-state index is -0.485.